The van der Waals surface area contributed by atoms with E-state index in [0.29, 0.717) is 9.88 Å². The van der Waals surface area contributed by atoms with Crippen LogP contribution in [-0.4, -0.2) is 90.6 Å². The molecule has 1 aromatic carbocycles. The van der Waals surface area contributed by atoms with Gasteiger partial charge in [0.2, 0.25) is 11.8 Å². The van der Waals surface area contributed by atoms with Crippen molar-refractivity contribution in [3.8, 4) is 0 Å². The Hall–Kier alpha value is -2.90. The number of benzene rings is 1. The molecule has 0 fully saturated rings. The van der Waals surface area contributed by atoms with E-state index >= 15 is 0 Å². The molecule has 2 unspecified atom stereocenters. The van der Waals surface area contributed by atoms with E-state index in [0.717, 1.165) is 5.56 Å². The molecule has 0 bridgehead atoms. The lowest BCUT2D eigenvalue weighted by Gasteiger charge is -2.28. The molecule has 38 heavy (non-hydrogen) atoms. The van der Waals surface area contributed by atoms with Crippen LogP contribution in [0.25, 0.3) is 0 Å². The first-order chi connectivity index (χ1) is 18.0. The average molecular weight is 569 g/mol. The van der Waals surface area contributed by atoms with Crippen molar-refractivity contribution in [2.45, 2.75) is 44.0 Å². The van der Waals surface area contributed by atoms with Gasteiger partial charge in [-0.1, -0.05) is 30.3 Å². The maximum absolute atomic E-state index is 13.2. The number of carbonyl (C=O) groups is 4. The van der Waals surface area contributed by atoms with Crippen LogP contribution in [0.4, 0.5) is 0 Å². The number of halogens is 1. The molecular formula is C25H33ClN4O7S. The fourth-order valence-electron chi connectivity index (χ4n) is 3.44. The van der Waals surface area contributed by atoms with Gasteiger partial charge in [-0.15, -0.1) is 22.9 Å². The van der Waals surface area contributed by atoms with Crippen LogP contribution in [0.1, 0.15) is 27.2 Å². The molecule has 0 saturated carbocycles. The number of Topliss-reactive ketones (excluding diaryl/α,β-unsaturated/α-hetero) is 1. The number of aliphatic hydroxyl groups is 1. The van der Waals surface area contributed by atoms with Crippen molar-refractivity contribution in [1.29, 1.82) is 0 Å². The smallest absolute Gasteiger partial charge is 0.263 e. The summed E-state index contributed by atoms with van der Waals surface area (Å²) in [5.74, 6) is -2.99. The van der Waals surface area contributed by atoms with E-state index in [-0.39, 0.29) is 25.5 Å². The van der Waals surface area contributed by atoms with Crippen LogP contribution in [-0.2, 0) is 30.3 Å². The number of hydrogen-bond donors (Lipinski definition) is 4. The van der Waals surface area contributed by atoms with Crippen LogP contribution in [0.5, 0.6) is 0 Å². The third kappa shape index (κ3) is 9.14. The molecule has 0 radical (unpaired) electrons. The zero-order valence-corrected chi connectivity index (χ0v) is 23.2. The normalized spacial score (nSPS) is 15.0. The van der Waals surface area contributed by atoms with Gasteiger partial charge in [-0.2, -0.15) is 0 Å². The van der Waals surface area contributed by atoms with Crippen molar-refractivity contribution in [3.05, 3.63) is 52.0 Å². The molecule has 0 aliphatic carbocycles. The summed E-state index contributed by atoms with van der Waals surface area (Å²) in [5, 5.41) is 18.9. The van der Waals surface area contributed by atoms with Crippen molar-refractivity contribution < 1.29 is 33.8 Å². The average Bonchev–Trinajstić information content (AvgIpc) is 3.34. The van der Waals surface area contributed by atoms with Gasteiger partial charge in [-0.3, -0.25) is 19.2 Å². The molecule has 0 aliphatic heterocycles. The molecule has 4 atom stereocenters. The minimum atomic E-state index is -1.89. The Kier molecular flexibility index (Phi) is 12.3. The lowest BCUT2D eigenvalue weighted by atomic mass is 9.92. The largest absolute Gasteiger partial charge is 0.382 e. The molecule has 11 nitrogen and oxygen atoms in total. The van der Waals surface area contributed by atoms with E-state index in [1.54, 1.807) is 31.2 Å². The fourth-order valence-corrected chi connectivity index (χ4v) is 4.25. The van der Waals surface area contributed by atoms with Gasteiger partial charge in [-0.05, 0) is 25.8 Å². The van der Waals surface area contributed by atoms with Crippen LogP contribution < -0.4 is 16.0 Å². The predicted molar refractivity (Wildman–Crippen MR) is 142 cm³/mol. The van der Waals surface area contributed by atoms with Gasteiger partial charge in [0.25, 0.3) is 5.91 Å². The first-order valence-electron chi connectivity index (χ1n) is 11.7. The number of aryl methyl sites for hydroxylation is 1. The monoisotopic (exact) mass is 568 g/mol. The quantitative estimate of drug-likeness (QED) is 0.228. The Morgan fingerprint density at radius 1 is 1.00 bits per heavy atom. The SMILES string of the molecule is COC[C@H](NC(=O)c1cnc(C)s1)C(=O)N[C@@H](COC)C(=O)NC(Cc1ccccc1)C(=O)C(C)(O)CCl. The topological polar surface area (TPSA) is 156 Å². The second-order valence-corrected chi connectivity index (χ2v) is 10.3. The highest BCUT2D eigenvalue weighted by Crippen LogP contribution is 2.15. The summed E-state index contributed by atoms with van der Waals surface area (Å²) in [4.78, 5) is 56.2. The highest BCUT2D eigenvalue weighted by Gasteiger charge is 2.37. The molecule has 1 heterocycles. The Labute approximate surface area is 230 Å². The van der Waals surface area contributed by atoms with Crippen LogP contribution >= 0.6 is 22.9 Å². The predicted octanol–water partition coefficient (Wildman–Crippen LogP) is 0.614. The fraction of sp³-hybridized carbons (Fsp3) is 0.480. The van der Waals surface area contributed by atoms with E-state index in [1.807, 2.05) is 6.07 Å². The first kappa shape index (κ1) is 31.3. The zero-order chi connectivity index (χ0) is 28.3. The number of ketones is 1. The van der Waals surface area contributed by atoms with Crippen molar-refractivity contribution in [3.63, 3.8) is 0 Å². The lowest BCUT2D eigenvalue weighted by molar-refractivity contribution is -0.139. The van der Waals surface area contributed by atoms with Crippen LogP contribution in [0, 0.1) is 6.92 Å². The minimum Gasteiger partial charge on any atom is -0.382 e. The highest BCUT2D eigenvalue weighted by atomic mass is 35.5. The van der Waals surface area contributed by atoms with Gasteiger partial charge in [0.1, 0.15) is 22.6 Å². The second kappa shape index (κ2) is 14.9. The lowest BCUT2D eigenvalue weighted by Crippen LogP contribution is -2.60. The van der Waals surface area contributed by atoms with Gasteiger partial charge < -0.3 is 30.5 Å². The molecule has 208 valence electrons. The number of ether oxygens (including phenoxy) is 2. The molecular weight excluding hydrogens is 536 g/mol. The van der Waals surface area contributed by atoms with E-state index in [9.17, 15) is 24.3 Å². The maximum atomic E-state index is 13.2. The van der Waals surface area contributed by atoms with Crippen molar-refractivity contribution in [2.24, 2.45) is 0 Å². The number of amides is 3. The van der Waals surface area contributed by atoms with Gasteiger partial charge in [0.15, 0.2) is 5.78 Å². The maximum Gasteiger partial charge on any atom is 0.263 e. The molecule has 4 N–H and O–H groups in total. The summed E-state index contributed by atoms with van der Waals surface area (Å²) < 4.78 is 10.2. The van der Waals surface area contributed by atoms with Gasteiger partial charge in [0.05, 0.1) is 36.3 Å². The third-order valence-electron chi connectivity index (χ3n) is 5.47. The van der Waals surface area contributed by atoms with Gasteiger partial charge in [-0.25, -0.2) is 4.98 Å². The van der Waals surface area contributed by atoms with Crippen molar-refractivity contribution in [2.75, 3.05) is 33.3 Å². The van der Waals surface area contributed by atoms with Crippen LogP contribution in [0.2, 0.25) is 0 Å². The third-order valence-corrected chi connectivity index (χ3v) is 6.91. The van der Waals surface area contributed by atoms with Crippen molar-refractivity contribution >= 4 is 46.4 Å². The summed E-state index contributed by atoms with van der Waals surface area (Å²) in [6.45, 7) is 2.63. The summed E-state index contributed by atoms with van der Waals surface area (Å²) in [7, 11) is 2.71. The number of aromatic nitrogens is 1. The summed E-state index contributed by atoms with van der Waals surface area (Å²) >= 11 is 6.96. The number of rotatable bonds is 15. The minimum absolute atomic E-state index is 0.0860. The second-order valence-electron chi connectivity index (χ2n) is 8.76. The molecule has 2 rings (SSSR count). The number of alkyl halides is 1. The summed E-state index contributed by atoms with van der Waals surface area (Å²) in [5.41, 5.74) is -1.15. The number of nitrogens with zero attached hydrogens (tertiary/aromatic N) is 1. The number of carbonyl (C=O) groups excluding carboxylic acids is 4. The zero-order valence-electron chi connectivity index (χ0n) is 21.7. The molecule has 13 heteroatoms. The van der Waals surface area contributed by atoms with E-state index in [4.69, 9.17) is 21.1 Å². The van der Waals surface area contributed by atoms with Gasteiger partial charge >= 0.3 is 0 Å². The number of hydrogen-bond acceptors (Lipinski definition) is 9. The Morgan fingerprint density at radius 2 is 1.55 bits per heavy atom. The number of methoxy groups -OCH3 is 2. The Bertz CT molecular complexity index is 1100. The first-order valence-corrected chi connectivity index (χ1v) is 13.1. The Balaban J connectivity index is 2.18. The Morgan fingerprint density at radius 3 is 2.05 bits per heavy atom. The van der Waals surface area contributed by atoms with Gasteiger partial charge in [0, 0.05) is 14.2 Å². The van der Waals surface area contributed by atoms with Crippen LogP contribution in [0.3, 0.4) is 0 Å². The molecule has 1 aromatic heterocycles. The number of nitrogens with one attached hydrogen (secondary N) is 3. The van der Waals surface area contributed by atoms with E-state index in [1.165, 1.54) is 38.7 Å². The molecule has 0 saturated heterocycles. The summed E-state index contributed by atoms with van der Waals surface area (Å²) in [6, 6.07) is 5.44. The highest BCUT2D eigenvalue weighted by molar-refractivity contribution is 7.13. The molecule has 0 spiro atoms. The molecule has 2 aromatic rings. The number of thiazole rings is 1. The standard InChI is InChI=1S/C25H33ClN4O7S/c1-15-27-11-20(38-15)24(34)30-19(13-37-4)23(33)29-18(12-36-3)22(32)28-17(21(31)25(2,35)14-26)10-16-8-6-5-7-9-16/h5-9,11,17-19,35H,10,12-14H2,1-4H3,(H,28,32)(H,29,33)(H,30,34)/t17?,18-,19-,25?/m0/s1. The van der Waals surface area contributed by atoms with E-state index < -0.39 is 47.2 Å². The molecule has 3 amide bonds. The molecule has 0 aliphatic rings. The van der Waals surface area contributed by atoms with E-state index in [2.05, 4.69) is 20.9 Å². The van der Waals surface area contributed by atoms with Crippen molar-refractivity contribution in [1.82, 2.24) is 20.9 Å². The summed E-state index contributed by atoms with van der Waals surface area (Å²) in [6.07, 6.45) is 1.49. The van der Waals surface area contributed by atoms with Crippen LogP contribution in [0.15, 0.2) is 36.5 Å².